The van der Waals surface area contributed by atoms with Crippen molar-refractivity contribution >= 4 is 19.7 Å². The van der Waals surface area contributed by atoms with Crippen molar-refractivity contribution in [2.45, 2.75) is 23.8 Å². The van der Waals surface area contributed by atoms with Crippen LogP contribution in [0.1, 0.15) is 34.2 Å². The van der Waals surface area contributed by atoms with Crippen molar-refractivity contribution in [3.63, 3.8) is 0 Å². The fourth-order valence-corrected chi connectivity index (χ4v) is 6.61. The summed E-state index contributed by atoms with van der Waals surface area (Å²) in [5, 5.41) is 0. The van der Waals surface area contributed by atoms with E-state index in [-0.39, 0.29) is 10.8 Å². The molecule has 0 saturated carbocycles. The molecular weight excluding hydrogens is 481 g/mol. The van der Waals surface area contributed by atoms with E-state index in [4.69, 9.17) is 15.4 Å². The molecular formula is C21H21ClN2O2RuS. The maximum atomic E-state index is 12.8. The molecule has 4 nitrogen and oxygen atoms in total. The van der Waals surface area contributed by atoms with E-state index in [9.17, 15) is 8.42 Å². The van der Waals surface area contributed by atoms with Crippen LogP contribution in [0, 0.1) is 6.92 Å². The third kappa shape index (κ3) is 4.70. The maximum absolute atomic E-state index is 12.8. The molecule has 28 heavy (non-hydrogen) atoms. The van der Waals surface area contributed by atoms with Gasteiger partial charge in [-0.25, -0.2) is 0 Å². The fraction of sp³-hybridized carbons (Fsp3) is 0.143. The molecule has 0 heterocycles. The van der Waals surface area contributed by atoms with Crippen LogP contribution in [-0.4, -0.2) is 8.42 Å². The van der Waals surface area contributed by atoms with E-state index in [1.807, 2.05) is 73.7 Å². The predicted molar refractivity (Wildman–Crippen MR) is 109 cm³/mol. The molecule has 7 heteroatoms. The number of hydrogen-bond donors (Lipinski definition) is 2. The molecule has 0 amide bonds. The van der Waals surface area contributed by atoms with Gasteiger partial charge in [0, 0.05) is 0 Å². The van der Waals surface area contributed by atoms with E-state index in [2.05, 4.69) is 3.46 Å². The summed E-state index contributed by atoms with van der Waals surface area (Å²) in [5.41, 5.74) is 10.2. The molecule has 3 N–H and O–H groups in total. The summed E-state index contributed by atoms with van der Waals surface area (Å²) in [4.78, 5) is 0.216. The van der Waals surface area contributed by atoms with Gasteiger partial charge < -0.3 is 0 Å². The van der Waals surface area contributed by atoms with Crippen LogP contribution >= 0.6 is 9.69 Å². The number of hydrogen-bond acceptors (Lipinski definition) is 3. The third-order valence-corrected chi connectivity index (χ3v) is 8.58. The molecule has 0 spiro atoms. The first kappa shape index (κ1) is 21.2. The number of halogens is 1. The van der Waals surface area contributed by atoms with Crippen LogP contribution in [0.25, 0.3) is 0 Å². The van der Waals surface area contributed by atoms with Gasteiger partial charge in [0.15, 0.2) is 0 Å². The van der Waals surface area contributed by atoms with Crippen LogP contribution in [0.4, 0.5) is 0 Å². The Morgan fingerprint density at radius 2 is 1.50 bits per heavy atom. The Balaban J connectivity index is 2.23. The molecule has 0 radical (unpaired) electrons. The van der Waals surface area contributed by atoms with Crippen LogP contribution in [0.15, 0.2) is 83.8 Å². The quantitative estimate of drug-likeness (QED) is 0.475. The van der Waals surface area contributed by atoms with Crippen LogP contribution in [0.5, 0.6) is 0 Å². The zero-order chi connectivity index (χ0) is 20.1. The molecule has 0 bridgehead atoms. The van der Waals surface area contributed by atoms with Crippen LogP contribution in [0.3, 0.4) is 0 Å². The Labute approximate surface area is 178 Å². The van der Waals surface area contributed by atoms with Gasteiger partial charge in [-0.05, 0) is 0 Å². The molecule has 0 aliphatic carbocycles. The van der Waals surface area contributed by atoms with Crippen molar-refractivity contribution in [2.75, 3.05) is 0 Å². The Morgan fingerprint density at radius 1 is 0.929 bits per heavy atom. The van der Waals surface area contributed by atoms with E-state index in [0.717, 1.165) is 16.7 Å². The molecule has 0 unspecified atom stereocenters. The summed E-state index contributed by atoms with van der Waals surface area (Å²) < 4.78 is 28.2. The van der Waals surface area contributed by atoms with Gasteiger partial charge in [0.2, 0.25) is 0 Å². The van der Waals surface area contributed by atoms with Crippen molar-refractivity contribution in [2.24, 2.45) is 5.73 Å². The summed E-state index contributed by atoms with van der Waals surface area (Å²) in [6.07, 6.45) is 0. The van der Waals surface area contributed by atoms with E-state index in [1.54, 1.807) is 12.1 Å². The average Bonchev–Trinajstić information content (AvgIpc) is 2.69. The first-order valence-electron chi connectivity index (χ1n) is 8.64. The molecule has 0 aromatic heterocycles. The van der Waals surface area contributed by atoms with E-state index < -0.39 is 32.4 Å². The van der Waals surface area contributed by atoms with Crippen molar-refractivity contribution in [3.8, 4) is 0 Å². The second-order valence-electron chi connectivity index (χ2n) is 6.51. The number of rotatable bonds is 7. The molecule has 3 aromatic rings. The molecule has 3 aromatic carbocycles. The van der Waals surface area contributed by atoms with Crippen LogP contribution in [-0.2, 0) is 26.4 Å². The van der Waals surface area contributed by atoms with Gasteiger partial charge in [-0.3, -0.25) is 0 Å². The molecule has 0 aliphatic heterocycles. The summed E-state index contributed by atoms with van der Waals surface area (Å²) in [5.74, 6) is -0.332. The number of aryl methyl sites for hydroxylation is 1. The minimum atomic E-state index is -3.72. The predicted octanol–water partition coefficient (Wildman–Crippen LogP) is 4.26. The second kappa shape index (κ2) is 9.29. The first-order valence-corrected chi connectivity index (χ1v) is 13.2. The Morgan fingerprint density at radius 3 is 2.07 bits per heavy atom. The number of benzene rings is 3. The van der Waals surface area contributed by atoms with Crippen LogP contribution < -0.4 is 9.20 Å². The van der Waals surface area contributed by atoms with E-state index in [0.29, 0.717) is 5.56 Å². The summed E-state index contributed by atoms with van der Waals surface area (Å²) >= 11 is -0.986. The average molecular weight is 502 g/mol. The minimum absolute atomic E-state index is 0.216. The van der Waals surface area contributed by atoms with Gasteiger partial charge in [0.25, 0.3) is 0 Å². The van der Waals surface area contributed by atoms with Gasteiger partial charge in [0.05, 0.1) is 0 Å². The normalized spacial score (nSPS) is 14.0. The molecule has 2 atom stereocenters. The van der Waals surface area contributed by atoms with Crippen molar-refractivity contribution in [1.29, 1.82) is 0 Å². The molecule has 0 fully saturated rings. The molecule has 0 saturated heterocycles. The Bertz CT molecular complexity index is 1030. The topological polar surface area (TPSA) is 72.2 Å². The van der Waals surface area contributed by atoms with E-state index in [1.165, 1.54) is 0 Å². The number of nitrogens with one attached hydrogen (secondary N) is 1. The zero-order valence-electron chi connectivity index (χ0n) is 15.2. The Kier molecular flexibility index (Phi) is 7.02. The standard InChI is InChI=1S/C21H21N2O2S.ClH.Ru/c1-15-12-13-19(26(23,24)25)18(14-15)20(16-8-4-2-5-9-16)21(22)17-10-6-3-7-11-17;;/h2-14,20-21H,22H2,1H3,(H-,23,24,25);1H;/q-1;;+2/p-1/t20-,21+;;/m0../s1. The van der Waals surface area contributed by atoms with Gasteiger partial charge in [-0.2, -0.15) is 0 Å². The molecule has 0 aliphatic rings. The zero-order valence-corrected chi connectivity index (χ0v) is 18.5. The third-order valence-electron chi connectivity index (χ3n) is 4.61. The summed E-state index contributed by atoms with van der Waals surface area (Å²) in [6.45, 7) is 1.94. The fourth-order valence-electron chi connectivity index (χ4n) is 3.34. The number of sulfonamides is 1. The first-order chi connectivity index (χ1) is 13.4. The summed E-state index contributed by atoms with van der Waals surface area (Å²) in [7, 11) is 2.03. The summed E-state index contributed by atoms with van der Waals surface area (Å²) in [6, 6.07) is 24.4. The monoisotopic (exact) mass is 502 g/mol. The van der Waals surface area contributed by atoms with Gasteiger partial charge >= 0.3 is 179 Å². The SMILES string of the molecule is Cc1ccc(S(=O)(=O)[NH][Ru][Cl])c([C@H](c2ccccc2)[C@H](N)c2ccccc2)c1. The molecule has 3 rings (SSSR count). The van der Waals surface area contributed by atoms with Crippen LogP contribution in [0.2, 0.25) is 0 Å². The molecule has 148 valence electrons. The number of nitrogens with two attached hydrogens (primary N) is 1. The van der Waals surface area contributed by atoms with Crippen molar-refractivity contribution in [1.82, 2.24) is 3.46 Å². The Hall–Kier alpha value is -1.56. The van der Waals surface area contributed by atoms with Gasteiger partial charge in [0.1, 0.15) is 0 Å². The van der Waals surface area contributed by atoms with E-state index >= 15 is 0 Å². The van der Waals surface area contributed by atoms with Gasteiger partial charge in [-0.15, -0.1) is 0 Å². The second-order valence-corrected chi connectivity index (χ2v) is 10.3. The van der Waals surface area contributed by atoms with Gasteiger partial charge in [-0.1, -0.05) is 0 Å². The van der Waals surface area contributed by atoms with Crippen molar-refractivity contribution in [3.05, 3.63) is 101 Å². The van der Waals surface area contributed by atoms with Crippen molar-refractivity contribution < 1.29 is 24.8 Å².